The van der Waals surface area contributed by atoms with Crippen LogP contribution in [0.4, 0.5) is 17.1 Å². The summed E-state index contributed by atoms with van der Waals surface area (Å²) in [5, 5.41) is 2.72. The quantitative estimate of drug-likeness (QED) is 0.230. The third kappa shape index (κ3) is 6.97. The molecule has 0 radical (unpaired) electrons. The van der Waals surface area contributed by atoms with Gasteiger partial charge in [0.1, 0.15) is 11.5 Å². The van der Waals surface area contributed by atoms with E-state index < -0.39 is 26.0 Å². The van der Waals surface area contributed by atoms with Crippen molar-refractivity contribution < 1.29 is 31.1 Å². The summed E-state index contributed by atoms with van der Waals surface area (Å²) >= 11 is 0. The first-order valence-corrected chi connectivity index (χ1v) is 15.2. The van der Waals surface area contributed by atoms with E-state index in [0.717, 1.165) is 5.56 Å². The van der Waals surface area contributed by atoms with Crippen LogP contribution in [0.3, 0.4) is 0 Å². The highest BCUT2D eigenvalue weighted by Crippen LogP contribution is 2.31. The van der Waals surface area contributed by atoms with Crippen LogP contribution in [-0.4, -0.2) is 37.0 Å². The SMILES string of the molecule is COc1ccc(OC)c(NS(=O)(=O)c2ccc(NC(=O)c3ccc(NS(=O)(=O)c4ccc(C)cc4)c(C)c3)cc2)c1. The molecule has 0 heterocycles. The molecule has 12 heteroatoms. The van der Waals surface area contributed by atoms with E-state index in [0.29, 0.717) is 34.0 Å². The Morgan fingerprint density at radius 2 is 1.24 bits per heavy atom. The zero-order valence-electron chi connectivity index (χ0n) is 22.8. The number of carbonyl (C=O) groups excluding carboxylic acids is 1. The standard InChI is InChI=1S/C29H29N3O7S2/c1-19-5-11-24(12-6-19)40(34,35)31-26-15-7-21(17-20(26)2)29(33)30-22-8-13-25(14-9-22)41(36,37)32-27-18-23(38-3)10-16-28(27)39-4/h5-18,31-32H,1-4H3,(H,30,33). The van der Waals surface area contributed by atoms with Crippen LogP contribution in [0.2, 0.25) is 0 Å². The second-order valence-corrected chi connectivity index (χ2v) is 12.5. The van der Waals surface area contributed by atoms with Gasteiger partial charge in [-0.3, -0.25) is 14.2 Å². The maximum atomic E-state index is 13.0. The van der Waals surface area contributed by atoms with Crippen molar-refractivity contribution in [1.82, 2.24) is 0 Å². The maximum Gasteiger partial charge on any atom is 0.262 e. The van der Waals surface area contributed by atoms with E-state index in [1.165, 1.54) is 68.8 Å². The molecule has 10 nitrogen and oxygen atoms in total. The lowest BCUT2D eigenvalue weighted by atomic mass is 10.1. The van der Waals surface area contributed by atoms with Gasteiger partial charge in [0.2, 0.25) is 0 Å². The molecule has 0 aliphatic rings. The van der Waals surface area contributed by atoms with Gasteiger partial charge in [0.25, 0.3) is 26.0 Å². The van der Waals surface area contributed by atoms with Gasteiger partial charge in [-0.2, -0.15) is 0 Å². The highest BCUT2D eigenvalue weighted by atomic mass is 32.2. The molecule has 41 heavy (non-hydrogen) atoms. The Bertz CT molecular complexity index is 1790. The third-order valence-corrected chi connectivity index (χ3v) is 8.90. The molecule has 1 amide bonds. The van der Waals surface area contributed by atoms with Gasteiger partial charge in [-0.1, -0.05) is 17.7 Å². The average Bonchev–Trinajstić information content (AvgIpc) is 2.94. The van der Waals surface area contributed by atoms with Crippen LogP contribution < -0.4 is 24.2 Å². The summed E-state index contributed by atoms with van der Waals surface area (Å²) in [5.41, 5.74) is 2.71. The molecule has 0 fully saturated rings. The number of hydrogen-bond acceptors (Lipinski definition) is 7. The van der Waals surface area contributed by atoms with Gasteiger partial charge in [-0.15, -0.1) is 0 Å². The second kappa shape index (κ2) is 11.9. The first kappa shape index (κ1) is 29.4. The number of nitrogens with one attached hydrogen (secondary N) is 3. The molecule has 3 N–H and O–H groups in total. The largest absolute Gasteiger partial charge is 0.497 e. The summed E-state index contributed by atoms with van der Waals surface area (Å²) in [6.45, 7) is 3.56. The van der Waals surface area contributed by atoms with Gasteiger partial charge in [0.15, 0.2) is 0 Å². The molecular formula is C29H29N3O7S2. The molecule has 4 rings (SSSR count). The summed E-state index contributed by atoms with van der Waals surface area (Å²) in [7, 11) is -4.87. The van der Waals surface area contributed by atoms with Crippen LogP contribution in [0.1, 0.15) is 21.5 Å². The minimum Gasteiger partial charge on any atom is -0.497 e. The third-order valence-electron chi connectivity index (χ3n) is 6.14. The lowest BCUT2D eigenvalue weighted by molar-refractivity contribution is 0.102. The van der Waals surface area contributed by atoms with Crippen molar-refractivity contribution in [3.8, 4) is 11.5 Å². The summed E-state index contributed by atoms with van der Waals surface area (Å²) in [4.78, 5) is 13.0. The summed E-state index contributed by atoms with van der Waals surface area (Å²) in [6, 6.07) is 21.4. The zero-order valence-corrected chi connectivity index (χ0v) is 24.4. The fraction of sp³-hybridized carbons (Fsp3) is 0.138. The predicted molar refractivity (Wildman–Crippen MR) is 158 cm³/mol. The smallest absolute Gasteiger partial charge is 0.262 e. The van der Waals surface area contributed by atoms with Crippen molar-refractivity contribution in [2.45, 2.75) is 23.6 Å². The maximum absolute atomic E-state index is 13.0. The Balaban J connectivity index is 1.45. The summed E-state index contributed by atoms with van der Waals surface area (Å²) < 4.78 is 66.8. The van der Waals surface area contributed by atoms with E-state index >= 15 is 0 Å². The Morgan fingerprint density at radius 3 is 1.80 bits per heavy atom. The number of ether oxygens (including phenoxy) is 2. The first-order valence-electron chi connectivity index (χ1n) is 12.3. The van der Waals surface area contributed by atoms with Crippen LogP contribution >= 0.6 is 0 Å². The number of carbonyl (C=O) groups is 1. The second-order valence-electron chi connectivity index (χ2n) is 9.10. The number of amides is 1. The molecule has 214 valence electrons. The van der Waals surface area contributed by atoms with Gasteiger partial charge >= 0.3 is 0 Å². The number of methoxy groups -OCH3 is 2. The molecule has 0 spiro atoms. The van der Waals surface area contributed by atoms with Crippen LogP contribution in [0.25, 0.3) is 0 Å². The van der Waals surface area contributed by atoms with Crippen molar-refractivity contribution >= 4 is 43.0 Å². The Labute approximate surface area is 239 Å². The van der Waals surface area contributed by atoms with Crippen molar-refractivity contribution in [3.63, 3.8) is 0 Å². The van der Waals surface area contributed by atoms with Gasteiger partial charge in [-0.05, 0) is 86.1 Å². The minimum absolute atomic E-state index is 0.0265. The number of rotatable bonds is 10. The topological polar surface area (TPSA) is 140 Å². The monoisotopic (exact) mass is 595 g/mol. The summed E-state index contributed by atoms with van der Waals surface area (Å²) in [5.74, 6) is 0.326. The molecule has 0 saturated heterocycles. The number of anilines is 3. The average molecular weight is 596 g/mol. The van der Waals surface area contributed by atoms with Crippen LogP contribution in [-0.2, 0) is 20.0 Å². The van der Waals surface area contributed by atoms with Crippen LogP contribution in [0.15, 0.2) is 94.7 Å². The van der Waals surface area contributed by atoms with E-state index in [9.17, 15) is 21.6 Å². The zero-order chi connectivity index (χ0) is 29.8. The molecule has 4 aromatic carbocycles. The van der Waals surface area contributed by atoms with Gasteiger partial charge in [0.05, 0.1) is 35.4 Å². The van der Waals surface area contributed by atoms with Gasteiger partial charge in [-0.25, -0.2) is 16.8 Å². The summed E-state index contributed by atoms with van der Waals surface area (Å²) in [6.07, 6.45) is 0. The molecule has 0 aromatic heterocycles. The predicted octanol–water partition coefficient (Wildman–Crippen LogP) is 5.17. The molecule has 0 saturated carbocycles. The van der Waals surface area contributed by atoms with Crippen molar-refractivity contribution in [2.75, 3.05) is 29.0 Å². The lowest BCUT2D eigenvalue weighted by Crippen LogP contribution is -2.16. The highest BCUT2D eigenvalue weighted by molar-refractivity contribution is 7.93. The van der Waals surface area contributed by atoms with Crippen LogP contribution in [0.5, 0.6) is 11.5 Å². The normalized spacial score (nSPS) is 11.4. The van der Waals surface area contributed by atoms with E-state index in [-0.39, 0.29) is 15.5 Å². The van der Waals surface area contributed by atoms with E-state index in [2.05, 4.69) is 14.8 Å². The molecule has 0 aliphatic carbocycles. The van der Waals surface area contributed by atoms with Crippen molar-refractivity contribution in [3.05, 3.63) is 102 Å². The van der Waals surface area contributed by atoms with Gasteiger partial charge in [0, 0.05) is 17.3 Å². The molecule has 4 aromatic rings. The van der Waals surface area contributed by atoms with Crippen LogP contribution in [0, 0.1) is 13.8 Å². The minimum atomic E-state index is -3.97. The Kier molecular flexibility index (Phi) is 8.55. The van der Waals surface area contributed by atoms with Crippen molar-refractivity contribution in [2.24, 2.45) is 0 Å². The highest BCUT2D eigenvalue weighted by Gasteiger charge is 2.19. The number of sulfonamides is 2. The molecule has 0 bridgehead atoms. The number of benzene rings is 4. The molecule has 0 unspecified atom stereocenters. The molecule has 0 aliphatic heterocycles. The lowest BCUT2D eigenvalue weighted by Gasteiger charge is -2.14. The number of hydrogen-bond donors (Lipinski definition) is 3. The Morgan fingerprint density at radius 1 is 0.659 bits per heavy atom. The number of aryl methyl sites for hydroxylation is 2. The first-order chi connectivity index (χ1) is 19.4. The molecule has 0 atom stereocenters. The molecular weight excluding hydrogens is 566 g/mol. The van der Waals surface area contributed by atoms with E-state index in [1.54, 1.807) is 37.3 Å². The van der Waals surface area contributed by atoms with E-state index in [4.69, 9.17) is 9.47 Å². The fourth-order valence-electron chi connectivity index (χ4n) is 3.86. The van der Waals surface area contributed by atoms with Gasteiger partial charge < -0.3 is 14.8 Å². The fourth-order valence-corrected chi connectivity index (χ4v) is 6.05. The van der Waals surface area contributed by atoms with Crippen molar-refractivity contribution in [1.29, 1.82) is 0 Å². The Hall–Kier alpha value is -4.55. The van der Waals surface area contributed by atoms with E-state index in [1.807, 2.05) is 6.92 Å².